The summed E-state index contributed by atoms with van der Waals surface area (Å²) in [5.41, 5.74) is 4.51. The largest absolute Gasteiger partial charge is 0.441 e. The molecule has 0 aliphatic heterocycles. The van der Waals surface area contributed by atoms with Crippen molar-refractivity contribution >= 4 is 29.6 Å². The molecular weight excluding hydrogens is 475 g/mol. The minimum absolute atomic E-state index is 0.332. The van der Waals surface area contributed by atoms with Gasteiger partial charge in [-0.1, -0.05) is 60.7 Å². The maximum absolute atomic E-state index is 15.3. The number of ether oxygens (including phenoxy) is 1. The zero-order valence-corrected chi connectivity index (χ0v) is 20.8. The molecule has 1 amide bonds. The van der Waals surface area contributed by atoms with Crippen LogP contribution in [0.1, 0.15) is 42.7 Å². The highest BCUT2D eigenvalue weighted by atomic mass is 32.1. The molecule has 0 unspecified atom stereocenters. The molecule has 36 heavy (non-hydrogen) atoms. The van der Waals surface area contributed by atoms with Gasteiger partial charge < -0.3 is 9.53 Å². The second-order valence-corrected chi connectivity index (χ2v) is 9.87. The van der Waals surface area contributed by atoms with Crippen molar-refractivity contribution in [3.63, 3.8) is 0 Å². The van der Waals surface area contributed by atoms with Crippen molar-refractivity contribution in [1.29, 1.82) is 0 Å². The van der Waals surface area contributed by atoms with Crippen LogP contribution in [-0.2, 0) is 14.9 Å². The Morgan fingerprint density at radius 2 is 1.78 bits per heavy atom. The highest BCUT2D eigenvalue weighted by molar-refractivity contribution is 7.10. The van der Waals surface area contributed by atoms with E-state index < -0.39 is 18.0 Å². The normalized spacial score (nSPS) is 14.6. The van der Waals surface area contributed by atoms with Crippen LogP contribution in [0.5, 0.6) is 0 Å². The van der Waals surface area contributed by atoms with Crippen LogP contribution in [0.2, 0.25) is 0 Å². The Balaban J connectivity index is 1.34. The fourth-order valence-electron chi connectivity index (χ4n) is 4.27. The Labute approximate surface area is 213 Å². The Hall–Kier alpha value is -3.84. The van der Waals surface area contributed by atoms with Crippen LogP contribution in [-0.4, -0.2) is 16.8 Å². The number of benzene rings is 3. The van der Waals surface area contributed by atoms with Gasteiger partial charge in [-0.3, -0.25) is 5.32 Å². The number of halogens is 1. The van der Waals surface area contributed by atoms with E-state index in [1.54, 1.807) is 19.9 Å². The van der Waals surface area contributed by atoms with E-state index in [1.165, 1.54) is 6.07 Å². The van der Waals surface area contributed by atoms with Crippen molar-refractivity contribution in [2.75, 3.05) is 5.32 Å². The molecule has 3 aromatic carbocycles. The summed E-state index contributed by atoms with van der Waals surface area (Å²) in [6.45, 7) is 3.55. The molecule has 0 saturated heterocycles. The van der Waals surface area contributed by atoms with Gasteiger partial charge in [0.1, 0.15) is 18.2 Å². The number of anilines is 1. The van der Waals surface area contributed by atoms with Gasteiger partial charge in [-0.05, 0) is 72.6 Å². The van der Waals surface area contributed by atoms with Crippen molar-refractivity contribution in [3.05, 3.63) is 95.4 Å². The van der Waals surface area contributed by atoms with Crippen molar-refractivity contribution < 1.29 is 18.7 Å². The molecule has 1 aliphatic rings. The van der Waals surface area contributed by atoms with E-state index >= 15 is 4.39 Å². The molecule has 5 rings (SSSR count). The SMILES string of the molecule is Cc1nsc(-c2ccc(-c3ccc(C4(C=O)CC4)cc3)cc2F)c1NC(=O)O[C@H](C)c1ccccc1. The number of carbonyl (C=O) groups is 2. The first kappa shape index (κ1) is 23.9. The molecule has 1 N–H and O–H groups in total. The maximum atomic E-state index is 15.3. The van der Waals surface area contributed by atoms with Crippen LogP contribution >= 0.6 is 11.5 Å². The lowest BCUT2D eigenvalue weighted by Gasteiger charge is -2.15. The van der Waals surface area contributed by atoms with E-state index in [0.717, 1.165) is 52.9 Å². The van der Waals surface area contributed by atoms with Crippen LogP contribution in [0.15, 0.2) is 72.8 Å². The number of aromatic nitrogens is 1. The predicted octanol–water partition coefficient (Wildman–Crippen LogP) is 7.46. The average molecular weight is 501 g/mol. The van der Waals surface area contributed by atoms with Crippen LogP contribution < -0.4 is 5.32 Å². The van der Waals surface area contributed by atoms with Gasteiger partial charge in [0.2, 0.25) is 0 Å². The fourth-order valence-corrected chi connectivity index (χ4v) is 5.14. The summed E-state index contributed by atoms with van der Waals surface area (Å²) < 4.78 is 25.1. The number of hydrogen-bond donors (Lipinski definition) is 1. The quantitative estimate of drug-likeness (QED) is 0.267. The number of carbonyl (C=O) groups excluding carboxylic acids is 2. The minimum atomic E-state index is -0.628. The molecule has 5 nitrogen and oxygen atoms in total. The highest BCUT2D eigenvalue weighted by Gasteiger charge is 2.44. The second kappa shape index (κ2) is 9.66. The van der Waals surface area contributed by atoms with Crippen LogP contribution in [0.4, 0.5) is 14.9 Å². The molecular formula is C29H25FN2O3S. The summed E-state index contributed by atoms with van der Waals surface area (Å²) in [6.07, 6.45) is 1.71. The molecule has 0 spiro atoms. The number of aldehydes is 1. The maximum Gasteiger partial charge on any atom is 0.412 e. The van der Waals surface area contributed by atoms with Gasteiger partial charge in [0.05, 0.1) is 21.7 Å². The predicted molar refractivity (Wildman–Crippen MR) is 140 cm³/mol. The lowest BCUT2D eigenvalue weighted by atomic mass is 9.94. The summed E-state index contributed by atoms with van der Waals surface area (Å²) in [7, 11) is 0. The third kappa shape index (κ3) is 4.66. The lowest BCUT2D eigenvalue weighted by Crippen LogP contribution is -2.16. The molecule has 4 aromatic rings. The van der Waals surface area contributed by atoms with E-state index in [4.69, 9.17) is 4.74 Å². The molecule has 1 fully saturated rings. The summed E-state index contributed by atoms with van der Waals surface area (Å²) in [6, 6.07) is 22.2. The van der Waals surface area contributed by atoms with E-state index in [-0.39, 0.29) is 5.41 Å². The summed E-state index contributed by atoms with van der Waals surface area (Å²) >= 11 is 1.12. The first-order valence-corrected chi connectivity index (χ1v) is 12.5. The summed E-state index contributed by atoms with van der Waals surface area (Å²) in [5, 5.41) is 2.75. The minimum Gasteiger partial charge on any atom is -0.441 e. The number of aryl methyl sites for hydroxylation is 1. The molecule has 1 atom stereocenters. The Morgan fingerprint density at radius 1 is 1.08 bits per heavy atom. The van der Waals surface area contributed by atoms with Crippen molar-refractivity contribution in [1.82, 2.24) is 4.37 Å². The first-order valence-electron chi connectivity index (χ1n) is 11.8. The molecule has 0 bridgehead atoms. The Kier molecular flexibility index (Phi) is 6.41. The van der Waals surface area contributed by atoms with Crippen LogP contribution in [0.3, 0.4) is 0 Å². The lowest BCUT2D eigenvalue weighted by molar-refractivity contribution is -0.109. The van der Waals surface area contributed by atoms with Crippen molar-refractivity contribution in [3.8, 4) is 21.6 Å². The van der Waals surface area contributed by atoms with Gasteiger partial charge >= 0.3 is 6.09 Å². The van der Waals surface area contributed by atoms with Gasteiger partial charge in [-0.25, -0.2) is 9.18 Å². The van der Waals surface area contributed by atoms with Crippen molar-refractivity contribution in [2.45, 2.75) is 38.2 Å². The van der Waals surface area contributed by atoms with Crippen LogP contribution in [0.25, 0.3) is 21.6 Å². The van der Waals surface area contributed by atoms with Crippen LogP contribution in [0, 0.1) is 12.7 Å². The van der Waals surface area contributed by atoms with Gasteiger partial charge in [0.15, 0.2) is 0 Å². The molecule has 1 saturated carbocycles. The van der Waals surface area contributed by atoms with Gasteiger partial charge in [-0.2, -0.15) is 4.37 Å². The van der Waals surface area contributed by atoms with Gasteiger partial charge in [0, 0.05) is 5.56 Å². The highest BCUT2D eigenvalue weighted by Crippen LogP contribution is 2.46. The number of hydrogen-bond acceptors (Lipinski definition) is 5. The molecule has 1 aliphatic carbocycles. The molecule has 7 heteroatoms. The smallest absolute Gasteiger partial charge is 0.412 e. The fraction of sp³-hybridized carbons (Fsp3) is 0.207. The van der Waals surface area contributed by atoms with E-state index in [0.29, 0.717) is 21.8 Å². The number of nitrogens with one attached hydrogen (secondary N) is 1. The Morgan fingerprint density at radius 3 is 2.42 bits per heavy atom. The van der Waals surface area contributed by atoms with Crippen molar-refractivity contribution in [2.24, 2.45) is 0 Å². The van der Waals surface area contributed by atoms with Gasteiger partial charge in [0.25, 0.3) is 0 Å². The first-order chi connectivity index (χ1) is 17.4. The molecule has 1 heterocycles. The number of nitrogens with zero attached hydrogens (tertiary/aromatic N) is 1. The number of amides is 1. The standard InChI is InChI=1S/C29H25FN2O3S/c1-18-26(31-28(34)35-19(2)20-6-4-3-5-7-20)27(36-32-18)24-13-10-22(16-25(24)30)21-8-11-23(12-9-21)29(17-33)14-15-29/h3-13,16-17,19H,14-15H2,1-2H3,(H,31,34)/t19-/m1/s1. The zero-order chi connectivity index (χ0) is 25.3. The molecule has 1 aromatic heterocycles. The molecule has 182 valence electrons. The summed E-state index contributed by atoms with van der Waals surface area (Å²) in [4.78, 5) is 24.5. The average Bonchev–Trinajstić information content (AvgIpc) is 3.63. The number of rotatable bonds is 7. The zero-order valence-electron chi connectivity index (χ0n) is 20.0. The topological polar surface area (TPSA) is 68.3 Å². The Bertz CT molecular complexity index is 1410. The van der Waals surface area contributed by atoms with E-state index in [2.05, 4.69) is 9.69 Å². The third-order valence-corrected chi connectivity index (χ3v) is 7.64. The van der Waals surface area contributed by atoms with Gasteiger partial charge in [-0.15, -0.1) is 0 Å². The monoisotopic (exact) mass is 500 g/mol. The van der Waals surface area contributed by atoms with E-state index in [1.807, 2.05) is 60.7 Å². The van der Waals surface area contributed by atoms with E-state index in [9.17, 15) is 9.59 Å². The third-order valence-electron chi connectivity index (χ3n) is 6.66. The summed E-state index contributed by atoms with van der Waals surface area (Å²) in [5.74, 6) is -0.416. The second-order valence-electron chi connectivity index (χ2n) is 9.10. The molecule has 0 radical (unpaired) electrons.